The van der Waals surface area contributed by atoms with E-state index in [2.05, 4.69) is 14.6 Å². The van der Waals surface area contributed by atoms with Crippen LogP contribution < -0.4 is 5.32 Å². The van der Waals surface area contributed by atoms with Crippen LogP contribution in [0.3, 0.4) is 0 Å². The van der Waals surface area contributed by atoms with Gasteiger partial charge in [0.2, 0.25) is 0 Å². The summed E-state index contributed by atoms with van der Waals surface area (Å²) in [6, 6.07) is 7.97. The molecule has 3 unspecified atom stereocenters. The van der Waals surface area contributed by atoms with Gasteiger partial charge in [0, 0.05) is 36.3 Å². The van der Waals surface area contributed by atoms with Crippen LogP contribution in [0.1, 0.15) is 12.8 Å². The second-order valence-electron chi connectivity index (χ2n) is 6.32. The van der Waals surface area contributed by atoms with Gasteiger partial charge in [-0.1, -0.05) is 12.1 Å². The maximum Gasteiger partial charge on any atom is 0.128 e. The van der Waals surface area contributed by atoms with E-state index in [1.54, 1.807) is 6.20 Å². The third-order valence-electron chi connectivity index (χ3n) is 4.94. The lowest BCUT2D eigenvalue weighted by Crippen LogP contribution is -2.27. The Labute approximate surface area is 133 Å². The van der Waals surface area contributed by atoms with Crippen LogP contribution >= 0.6 is 0 Å². The van der Waals surface area contributed by atoms with Crippen molar-refractivity contribution in [3.8, 4) is 0 Å². The van der Waals surface area contributed by atoms with E-state index < -0.39 is 11.0 Å². The third kappa shape index (κ3) is 2.57. The van der Waals surface area contributed by atoms with Gasteiger partial charge in [-0.25, -0.2) is 8.51 Å². The minimum atomic E-state index is -1.08. The molecule has 2 saturated heterocycles. The molecular weight excluding hydrogens is 294 g/mol. The summed E-state index contributed by atoms with van der Waals surface area (Å²) in [6.07, 6.45) is 6.11. The summed E-state index contributed by atoms with van der Waals surface area (Å²) in [5.74, 6) is 1.33. The summed E-state index contributed by atoms with van der Waals surface area (Å²) in [6.45, 7) is 4.09. The first kappa shape index (κ1) is 14.3. The van der Waals surface area contributed by atoms with E-state index in [9.17, 15) is 4.21 Å². The van der Waals surface area contributed by atoms with Gasteiger partial charge < -0.3 is 5.32 Å². The molecule has 4 nitrogen and oxygen atoms in total. The number of pyridine rings is 1. The molecule has 5 heteroatoms. The fourth-order valence-corrected chi connectivity index (χ4v) is 5.25. The predicted molar refractivity (Wildman–Crippen MR) is 88.8 cm³/mol. The maximum absolute atomic E-state index is 13.1. The number of hydrogen-bond acceptors (Lipinski definition) is 3. The Hall–Kier alpha value is -1.30. The van der Waals surface area contributed by atoms with Gasteiger partial charge in [0.25, 0.3) is 0 Å². The number of aromatic nitrogens is 1. The van der Waals surface area contributed by atoms with E-state index in [0.29, 0.717) is 11.8 Å². The summed E-state index contributed by atoms with van der Waals surface area (Å²) in [7, 11) is -1.08. The number of rotatable bonds is 2. The zero-order valence-electron chi connectivity index (χ0n) is 12.6. The van der Waals surface area contributed by atoms with Gasteiger partial charge in [0.1, 0.15) is 11.0 Å². The standard InChI is InChI=1S/C17H21N3OS/c21-22(17-5-1-3-13-9-19-8-6-16(13)17)20-11-14-4-2-7-18-10-15(14)12-20/h1,3,5-6,8-9,14-15,18H,2,4,7,10-12H2. The van der Waals surface area contributed by atoms with Crippen molar-refractivity contribution >= 4 is 21.8 Å². The molecule has 3 heterocycles. The average molecular weight is 315 g/mol. The van der Waals surface area contributed by atoms with Gasteiger partial charge in [-0.3, -0.25) is 4.98 Å². The Morgan fingerprint density at radius 2 is 2.14 bits per heavy atom. The summed E-state index contributed by atoms with van der Waals surface area (Å²) in [4.78, 5) is 5.08. The molecule has 1 N–H and O–H groups in total. The van der Waals surface area contributed by atoms with Crippen LogP contribution in [0.15, 0.2) is 41.6 Å². The smallest absolute Gasteiger partial charge is 0.128 e. The van der Waals surface area contributed by atoms with E-state index in [4.69, 9.17) is 0 Å². The average Bonchev–Trinajstić information content (AvgIpc) is 2.84. The fourth-order valence-electron chi connectivity index (χ4n) is 3.75. The monoisotopic (exact) mass is 315 g/mol. The predicted octanol–water partition coefficient (Wildman–Crippen LogP) is 2.19. The number of nitrogens with one attached hydrogen (secondary N) is 1. The Kier molecular flexibility index (Phi) is 3.94. The van der Waals surface area contributed by atoms with Crippen molar-refractivity contribution in [3.05, 3.63) is 36.7 Å². The van der Waals surface area contributed by atoms with Crippen molar-refractivity contribution in [2.75, 3.05) is 26.2 Å². The Balaban J connectivity index is 1.61. The van der Waals surface area contributed by atoms with Crippen molar-refractivity contribution in [2.45, 2.75) is 17.7 Å². The van der Waals surface area contributed by atoms with Crippen molar-refractivity contribution < 1.29 is 4.21 Å². The van der Waals surface area contributed by atoms with Gasteiger partial charge in [-0.05, 0) is 49.9 Å². The van der Waals surface area contributed by atoms with Crippen LogP contribution in [0.2, 0.25) is 0 Å². The van der Waals surface area contributed by atoms with Crippen molar-refractivity contribution in [1.82, 2.24) is 14.6 Å². The molecule has 0 radical (unpaired) electrons. The van der Waals surface area contributed by atoms with E-state index in [1.807, 2.05) is 30.5 Å². The summed E-state index contributed by atoms with van der Waals surface area (Å²) >= 11 is 0. The first-order valence-corrected chi connectivity index (χ1v) is 9.14. The molecule has 2 fully saturated rings. The van der Waals surface area contributed by atoms with E-state index >= 15 is 0 Å². The zero-order chi connectivity index (χ0) is 14.9. The number of benzene rings is 1. The second-order valence-corrected chi connectivity index (χ2v) is 7.77. The number of hydrogen-bond donors (Lipinski definition) is 1. The van der Waals surface area contributed by atoms with Crippen LogP contribution in [0, 0.1) is 11.8 Å². The van der Waals surface area contributed by atoms with Crippen LogP contribution in [0.4, 0.5) is 0 Å². The molecule has 2 aliphatic heterocycles. The van der Waals surface area contributed by atoms with Gasteiger partial charge in [-0.2, -0.15) is 0 Å². The molecule has 22 heavy (non-hydrogen) atoms. The highest BCUT2D eigenvalue weighted by Crippen LogP contribution is 2.32. The number of nitrogens with zero attached hydrogens (tertiary/aromatic N) is 2. The number of fused-ring (bicyclic) bond motifs is 2. The lowest BCUT2D eigenvalue weighted by atomic mass is 9.93. The fraction of sp³-hybridized carbons (Fsp3) is 0.471. The molecule has 3 atom stereocenters. The summed E-state index contributed by atoms with van der Waals surface area (Å²) < 4.78 is 15.3. The molecule has 0 amide bonds. The highest BCUT2D eigenvalue weighted by atomic mass is 32.2. The first-order chi connectivity index (χ1) is 10.8. The molecule has 1 aromatic heterocycles. The van der Waals surface area contributed by atoms with E-state index in [-0.39, 0.29) is 0 Å². The van der Waals surface area contributed by atoms with Crippen molar-refractivity contribution in [3.63, 3.8) is 0 Å². The van der Waals surface area contributed by atoms with Crippen molar-refractivity contribution in [2.24, 2.45) is 11.8 Å². The van der Waals surface area contributed by atoms with Crippen LogP contribution in [-0.4, -0.2) is 39.7 Å². The van der Waals surface area contributed by atoms with Crippen molar-refractivity contribution in [1.29, 1.82) is 0 Å². The topological polar surface area (TPSA) is 45.2 Å². The molecular formula is C17H21N3OS. The second kappa shape index (κ2) is 6.07. The minimum absolute atomic E-state index is 0.642. The molecule has 0 saturated carbocycles. The van der Waals surface area contributed by atoms with Gasteiger partial charge >= 0.3 is 0 Å². The largest absolute Gasteiger partial charge is 0.316 e. The lowest BCUT2D eigenvalue weighted by molar-refractivity contribution is 0.414. The molecule has 0 bridgehead atoms. The molecule has 2 aliphatic rings. The minimum Gasteiger partial charge on any atom is -0.316 e. The molecule has 0 aliphatic carbocycles. The highest BCUT2D eigenvalue weighted by Gasteiger charge is 2.36. The first-order valence-electron chi connectivity index (χ1n) is 8.03. The molecule has 4 rings (SSSR count). The Morgan fingerprint density at radius 1 is 1.23 bits per heavy atom. The maximum atomic E-state index is 13.1. The normalized spacial score (nSPS) is 27.5. The zero-order valence-corrected chi connectivity index (χ0v) is 13.4. The van der Waals surface area contributed by atoms with Crippen LogP contribution in [0.5, 0.6) is 0 Å². The molecule has 0 spiro atoms. The van der Waals surface area contributed by atoms with Crippen LogP contribution in [0.25, 0.3) is 10.8 Å². The highest BCUT2D eigenvalue weighted by molar-refractivity contribution is 7.83. The lowest BCUT2D eigenvalue weighted by Gasteiger charge is -2.16. The van der Waals surface area contributed by atoms with E-state index in [1.165, 1.54) is 12.8 Å². The Bertz CT molecular complexity index is 686. The molecule has 2 aromatic rings. The van der Waals surface area contributed by atoms with Gasteiger partial charge in [0.15, 0.2) is 0 Å². The summed E-state index contributed by atoms with van der Waals surface area (Å²) in [5, 5.41) is 5.63. The van der Waals surface area contributed by atoms with Gasteiger partial charge in [0.05, 0.1) is 4.90 Å². The van der Waals surface area contributed by atoms with E-state index in [0.717, 1.165) is 41.8 Å². The molecule has 1 aromatic carbocycles. The van der Waals surface area contributed by atoms with Gasteiger partial charge in [-0.15, -0.1) is 0 Å². The molecule has 116 valence electrons. The quantitative estimate of drug-likeness (QED) is 0.924. The third-order valence-corrected chi connectivity index (χ3v) is 6.44. The SMILES string of the molecule is O=S(c1cccc2cnccc12)N1CC2CCCNCC2C1. The Morgan fingerprint density at radius 3 is 3.09 bits per heavy atom. The summed E-state index contributed by atoms with van der Waals surface area (Å²) in [5.41, 5.74) is 0. The van der Waals surface area contributed by atoms with Crippen LogP contribution in [-0.2, 0) is 11.0 Å².